The Labute approximate surface area is 144 Å². The molecule has 2 fully saturated rings. The lowest BCUT2D eigenvalue weighted by Gasteiger charge is -2.25. The van der Waals surface area contributed by atoms with Gasteiger partial charge in [0, 0.05) is 51.4 Å². The maximum atomic E-state index is 12.0. The van der Waals surface area contributed by atoms with Crippen molar-refractivity contribution in [3.8, 4) is 0 Å². The minimum absolute atomic E-state index is 0.110. The molecule has 0 unspecified atom stereocenters. The number of carbonyl (C=O) groups excluding carboxylic acids is 2. The molecular formula is C19H27N3O2. The van der Waals surface area contributed by atoms with Gasteiger partial charge in [-0.2, -0.15) is 0 Å². The van der Waals surface area contributed by atoms with E-state index in [1.54, 1.807) is 6.92 Å². The lowest BCUT2D eigenvalue weighted by molar-refractivity contribution is -0.129. The summed E-state index contributed by atoms with van der Waals surface area (Å²) in [6.45, 7) is 3.06. The molecular weight excluding hydrogens is 302 g/mol. The molecule has 1 N–H and O–H groups in total. The number of hydrogen-bond acceptors (Lipinski definition) is 3. The van der Waals surface area contributed by atoms with Crippen LogP contribution in [0.1, 0.15) is 38.2 Å². The highest BCUT2D eigenvalue weighted by molar-refractivity contribution is 5.94. The van der Waals surface area contributed by atoms with Crippen molar-refractivity contribution >= 4 is 23.2 Å². The second-order valence-electron chi connectivity index (χ2n) is 7.34. The molecule has 1 aromatic rings. The van der Waals surface area contributed by atoms with E-state index in [0.29, 0.717) is 12.5 Å². The van der Waals surface area contributed by atoms with Gasteiger partial charge >= 0.3 is 0 Å². The SMILES string of the molecule is CC(=O)N(Cc1cc(NC(=O)C2CC2)ccc1N(C)C)CC1CC1. The van der Waals surface area contributed by atoms with Gasteiger partial charge in [0.2, 0.25) is 11.8 Å². The number of rotatable bonds is 7. The molecule has 0 saturated heterocycles. The van der Waals surface area contributed by atoms with Crippen LogP contribution in [-0.2, 0) is 16.1 Å². The second-order valence-corrected chi connectivity index (χ2v) is 7.34. The van der Waals surface area contributed by atoms with Crippen LogP contribution in [0, 0.1) is 11.8 Å². The molecule has 2 amide bonds. The van der Waals surface area contributed by atoms with E-state index in [-0.39, 0.29) is 17.7 Å². The summed E-state index contributed by atoms with van der Waals surface area (Å²) in [6.07, 6.45) is 4.44. The summed E-state index contributed by atoms with van der Waals surface area (Å²) < 4.78 is 0. The van der Waals surface area contributed by atoms with Gasteiger partial charge < -0.3 is 15.1 Å². The molecule has 0 bridgehead atoms. The van der Waals surface area contributed by atoms with Crippen LogP contribution in [0.5, 0.6) is 0 Å². The Hall–Kier alpha value is -2.04. The Morgan fingerprint density at radius 2 is 1.88 bits per heavy atom. The molecule has 5 heteroatoms. The van der Waals surface area contributed by atoms with Crippen LogP contribution < -0.4 is 10.2 Å². The van der Waals surface area contributed by atoms with Crippen molar-refractivity contribution in [3.63, 3.8) is 0 Å². The van der Waals surface area contributed by atoms with Gasteiger partial charge in [-0.3, -0.25) is 9.59 Å². The highest BCUT2D eigenvalue weighted by Crippen LogP contribution is 2.33. The fraction of sp³-hybridized carbons (Fsp3) is 0.579. The quantitative estimate of drug-likeness (QED) is 0.837. The molecule has 0 atom stereocenters. The second kappa shape index (κ2) is 6.83. The number of nitrogens with zero attached hydrogens (tertiary/aromatic N) is 2. The summed E-state index contributed by atoms with van der Waals surface area (Å²) in [6, 6.07) is 5.98. The predicted octanol–water partition coefficient (Wildman–Crippen LogP) is 2.86. The van der Waals surface area contributed by atoms with E-state index < -0.39 is 0 Å². The summed E-state index contributed by atoms with van der Waals surface area (Å²) in [5, 5.41) is 3.01. The van der Waals surface area contributed by atoms with Gasteiger partial charge in [-0.15, -0.1) is 0 Å². The van der Waals surface area contributed by atoms with Gasteiger partial charge in [0.15, 0.2) is 0 Å². The minimum atomic E-state index is 0.110. The molecule has 2 aliphatic carbocycles. The summed E-state index contributed by atoms with van der Waals surface area (Å²) in [7, 11) is 4.00. The van der Waals surface area contributed by atoms with Crippen LogP contribution >= 0.6 is 0 Å². The monoisotopic (exact) mass is 329 g/mol. The van der Waals surface area contributed by atoms with Crippen molar-refractivity contribution in [3.05, 3.63) is 23.8 Å². The summed E-state index contributed by atoms with van der Waals surface area (Å²) in [4.78, 5) is 28.0. The molecule has 130 valence electrons. The highest BCUT2D eigenvalue weighted by atomic mass is 16.2. The van der Waals surface area contributed by atoms with Crippen LogP contribution in [0.4, 0.5) is 11.4 Å². The average molecular weight is 329 g/mol. The molecule has 2 saturated carbocycles. The fourth-order valence-corrected chi connectivity index (χ4v) is 2.94. The molecule has 0 radical (unpaired) electrons. The highest BCUT2D eigenvalue weighted by Gasteiger charge is 2.30. The number of carbonyl (C=O) groups is 2. The van der Waals surface area contributed by atoms with Gasteiger partial charge in [-0.05, 0) is 55.4 Å². The number of nitrogens with one attached hydrogen (secondary N) is 1. The topological polar surface area (TPSA) is 52.7 Å². The van der Waals surface area contributed by atoms with Crippen LogP contribution in [0.25, 0.3) is 0 Å². The van der Waals surface area contributed by atoms with Gasteiger partial charge in [-0.1, -0.05) is 0 Å². The standard InChI is InChI=1S/C19H27N3O2/c1-13(23)22(11-14-4-5-14)12-16-10-17(8-9-18(16)21(2)3)20-19(24)15-6-7-15/h8-10,14-15H,4-7,11-12H2,1-3H3,(H,20,24). The maximum Gasteiger partial charge on any atom is 0.227 e. The van der Waals surface area contributed by atoms with Crippen LogP contribution in [0.15, 0.2) is 18.2 Å². The first-order chi connectivity index (χ1) is 11.4. The van der Waals surface area contributed by atoms with Crippen LogP contribution in [0.3, 0.4) is 0 Å². The first kappa shape index (κ1) is 16.8. The number of anilines is 2. The predicted molar refractivity (Wildman–Crippen MR) is 95.9 cm³/mol. The molecule has 0 aromatic heterocycles. The van der Waals surface area contributed by atoms with E-state index in [9.17, 15) is 9.59 Å². The van der Waals surface area contributed by atoms with E-state index in [1.807, 2.05) is 37.2 Å². The molecule has 2 aliphatic rings. The van der Waals surface area contributed by atoms with Gasteiger partial charge in [0.25, 0.3) is 0 Å². The Morgan fingerprint density at radius 1 is 1.17 bits per heavy atom. The zero-order chi connectivity index (χ0) is 17.3. The van der Waals surface area contributed by atoms with Crippen molar-refractivity contribution in [1.29, 1.82) is 0 Å². The molecule has 0 aliphatic heterocycles. The Morgan fingerprint density at radius 3 is 2.42 bits per heavy atom. The normalized spacial score (nSPS) is 16.6. The van der Waals surface area contributed by atoms with E-state index in [4.69, 9.17) is 0 Å². The largest absolute Gasteiger partial charge is 0.377 e. The number of benzene rings is 1. The molecule has 1 aromatic carbocycles. The maximum absolute atomic E-state index is 12.0. The third-order valence-corrected chi connectivity index (χ3v) is 4.76. The molecule has 3 rings (SSSR count). The molecule has 0 spiro atoms. The van der Waals surface area contributed by atoms with E-state index in [0.717, 1.165) is 36.3 Å². The van der Waals surface area contributed by atoms with Gasteiger partial charge in [0.1, 0.15) is 0 Å². The summed E-state index contributed by atoms with van der Waals surface area (Å²) in [5.74, 6) is 1.07. The third-order valence-electron chi connectivity index (χ3n) is 4.76. The number of amides is 2. The zero-order valence-corrected chi connectivity index (χ0v) is 14.8. The summed E-state index contributed by atoms with van der Waals surface area (Å²) >= 11 is 0. The summed E-state index contributed by atoms with van der Waals surface area (Å²) in [5.41, 5.74) is 2.98. The Balaban J connectivity index is 1.78. The fourth-order valence-electron chi connectivity index (χ4n) is 2.94. The van der Waals surface area contributed by atoms with Crippen molar-refractivity contribution in [1.82, 2.24) is 4.90 Å². The Kier molecular flexibility index (Phi) is 4.78. The minimum Gasteiger partial charge on any atom is -0.377 e. The molecule has 0 heterocycles. The first-order valence-electron chi connectivity index (χ1n) is 8.80. The van der Waals surface area contributed by atoms with E-state index in [1.165, 1.54) is 12.8 Å². The lowest BCUT2D eigenvalue weighted by Crippen LogP contribution is -2.31. The molecule has 24 heavy (non-hydrogen) atoms. The first-order valence-corrected chi connectivity index (χ1v) is 8.80. The zero-order valence-electron chi connectivity index (χ0n) is 14.8. The van der Waals surface area contributed by atoms with E-state index >= 15 is 0 Å². The smallest absolute Gasteiger partial charge is 0.227 e. The van der Waals surface area contributed by atoms with Gasteiger partial charge in [0.05, 0.1) is 0 Å². The van der Waals surface area contributed by atoms with Gasteiger partial charge in [-0.25, -0.2) is 0 Å². The number of hydrogen-bond donors (Lipinski definition) is 1. The van der Waals surface area contributed by atoms with E-state index in [2.05, 4.69) is 10.2 Å². The van der Waals surface area contributed by atoms with Crippen molar-refractivity contribution in [2.75, 3.05) is 30.9 Å². The van der Waals surface area contributed by atoms with Crippen LogP contribution in [-0.4, -0.2) is 37.4 Å². The average Bonchev–Trinajstić information content (AvgIpc) is 3.39. The molecule has 5 nitrogen and oxygen atoms in total. The lowest BCUT2D eigenvalue weighted by atomic mass is 10.1. The Bertz CT molecular complexity index is 633. The van der Waals surface area contributed by atoms with Crippen molar-refractivity contribution in [2.24, 2.45) is 11.8 Å². The van der Waals surface area contributed by atoms with Crippen molar-refractivity contribution in [2.45, 2.75) is 39.2 Å². The van der Waals surface area contributed by atoms with Crippen molar-refractivity contribution < 1.29 is 9.59 Å². The van der Waals surface area contributed by atoms with Crippen LogP contribution in [0.2, 0.25) is 0 Å². The third kappa shape index (κ3) is 4.28.